The van der Waals surface area contributed by atoms with Crippen molar-refractivity contribution in [1.29, 1.82) is 0 Å². The molecule has 0 spiro atoms. The maximum absolute atomic E-state index is 12.0. The zero-order valence-electron chi connectivity index (χ0n) is 11.3. The van der Waals surface area contributed by atoms with Crippen LogP contribution in [0.3, 0.4) is 0 Å². The molecule has 1 aromatic heterocycles. The van der Waals surface area contributed by atoms with Crippen LogP contribution in [-0.4, -0.2) is 12.6 Å². The fourth-order valence-electron chi connectivity index (χ4n) is 2.45. The molecule has 5 heteroatoms. The summed E-state index contributed by atoms with van der Waals surface area (Å²) in [5.41, 5.74) is 0.339. The van der Waals surface area contributed by atoms with E-state index in [0.717, 1.165) is 15.7 Å². The lowest BCUT2D eigenvalue weighted by Gasteiger charge is -2.23. The van der Waals surface area contributed by atoms with E-state index in [4.69, 9.17) is 4.42 Å². The Morgan fingerprint density at radius 1 is 1.14 bits per heavy atom. The second kappa shape index (κ2) is 4.94. The molecule has 0 unspecified atom stereocenters. The standard InChI is InChI=1S/C16H13NO4/c1-2-17(16(19)20)10-7-8-12-11-5-3-4-6-13(11)15(18)21-14(12)9-10/h3-9H,2H2,1H3,(H,19,20)/p-1. The molecular weight excluding hydrogens is 270 g/mol. The van der Waals surface area contributed by atoms with Gasteiger partial charge in [0.05, 0.1) is 5.39 Å². The number of anilines is 1. The lowest BCUT2D eigenvalue weighted by Crippen LogP contribution is -2.41. The zero-order valence-corrected chi connectivity index (χ0v) is 11.3. The first-order chi connectivity index (χ1) is 10.1. The van der Waals surface area contributed by atoms with Gasteiger partial charge in [0.25, 0.3) is 0 Å². The highest BCUT2D eigenvalue weighted by Crippen LogP contribution is 2.26. The van der Waals surface area contributed by atoms with Crippen LogP contribution in [0.2, 0.25) is 0 Å². The van der Waals surface area contributed by atoms with Crippen LogP contribution in [-0.2, 0) is 0 Å². The Kier molecular flexibility index (Phi) is 3.10. The minimum Gasteiger partial charge on any atom is -0.530 e. The van der Waals surface area contributed by atoms with Crippen LogP contribution in [0.1, 0.15) is 6.92 Å². The molecule has 2 aromatic carbocycles. The molecule has 0 N–H and O–H groups in total. The number of hydrogen-bond acceptors (Lipinski definition) is 4. The number of hydrogen-bond donors (Lipinski definition) is 0. The summed E-state index contributed by atoms with van der Waals surface area (Å²) in [7, 11) is 0. The van der Waals surface area contributed by atoms with E-state index in [1.165, 1.54) is 0 Å². The predicted molar refractivity (Wildman–Crippen MR) is 78.4 cm³/mol. The van der Waals surface area contributed by atoms with Gasteiger partial charge in [0, 0.05) is 23.7 Å². The third kappa shape index (κ3) is 2.12. The molecule has 1 amide bonds. The average Bonchev–Trinajstić information content (AvgIpc) is 2.48. The normalized spacial score (nSPS) is 10.9. The topological polar surface area (TPSA) is 73.6 Å². The number of carboxylic acid groups (broad SMARTS) is 1. The van der Waals surface area contributed by atoms with E-state index in [0.29, 0.717) is 16.7 Å². The first-order valence-corrected chi connectivity index (χ1v) is 6.56. The van der Waals surface area contributed by atoms with Gasteiger partial charge < -0.3 is 19.2 Å². The monoisotopic (exact) mass is 282 g/mol. The van der Waals surface area contributed by atoms with Crippen molar-refractivity contribution in [2.75, 3.05) is 11.4 Å². The molecule has 0 aliphatic carbocycles. The molecule has 21 heavy (non-hydrogen) atoms. The summed E-state index contributed by atoms with van der Waals surface area (Å²) < 4.78 is 5.29. The third-order valence-electron chi connectivity index (χ3n) is 3.45. The largest absolute Gasteiger partial charge is 0.530 e. The van der Waals surface area contributed by atoms with Gasteiger partial charge >= 0.3 is 5.63 Å². The lowest BCUT2D eigenvalue weighted by atomic mass is 10.1. The van der Waals surface area contributed by atoms with Gasteiger partial charge in [0.1, 0.15) is 11.7 Å². The number of nitrogens with zero attached hydrogens (tertiary/aromatic N) is 1. The molecule has 3 aromatic rings. The van der Waals surface area contributed by atoms with Crippen molar-refractivity contribution in [2.45, 2.75) is 6.92 Å². The highest BCUT2D eigenvalue weighted by atomic mass is 16.4. The van der Waals surface area contributed by atoms with E-state index in [9.17, 15) is 14.7 Å². The molecule has 0 aliphatic rings. The Hall–Kier alpha value is -2.82. The summed E-state index contributed by atoms with van der Waals surface area (Å²) in [6.45, 7) is 1.96. The summed E-state index contributed by atoms with van der Waals surface area (Å²) in [6.07, 6.45) is -1.29. The average molecular weight is 282 g/mol. The van der Waals surface area contributed by atoms with Crippen LogP contribution < -0.4 is 15.6 Å². The fourth-order valence-corrected chi connectivity index (χ4v) is 2.45. The van der Waals surface area contributed by atoms with Crippen molar-refractivity contribution in [3.63, 3.8) is 0 Å². The van der Waals surface area contributed by atoms with E-state index >= 15 is 0 Å². The predicted octanol–water partition coefficient (Wildman–Crippen LogP) is 2.12. The van der Waals surface area contributed by atoms with Crippen molar-refractivity contribution in [3.05, 3.63) is 52.9 Å². The van der Waals surface area contributed by atoms with Crippen LogP contribution in [0.15, 0.2) is 51.7 Å². The van der Waals surface area contributed by atoms with E-state index in [1.54, 1.807) is 37.3 Å². The number of amides is 1. The molecule has 0 aliphatic heterocycles. The Bertz CT molecular complexity index is 898. The van der Waals surface area contributed by atoms with Crippen LogP contribution in [0.4, 0.5) is 10.5 Å². The SMILES string of the molecule is CCN(C(=O)[O-])c1ccc2c(c1)oc(=O)c1ccccc12. The van der Waals surface area contributed by atoms with Crippen LogP contribution in [0.25, 0.3) is 21.7 Å². The van der Waals surface area contributed by atoms with Crippen molar-refractivity contribution in [1.82, 2.24) is 0 Å². The van der Waals surface area contributed by atoms with Crippen LogP contribution in [0, 0.1) is 0 Å². The maximum atomic E-state index is 12.0. The molecule has 0 radical (unpaired) electrons. The fraction of sp³-hybridized carbons (Fsp3) is 0.125. The number of fused-ring (bicyclic) bond motifs is 3. The summed E-state index contributed by atoms with van der Waals surface area (Å²) in [4.78, 5) is 24.1. The minimum absolute atomic E-state index is 0.256. The van der Waals surface area contributed by atoms with Gasteiger partial charge in [-0.2, -0.15) is 0 Å². The van der Waals surface area contributed by atoms with Gasteiger partial charge in [-0.15, -0.1) is 0 Å². The molecular formula is C16H12NO4-. The summed E-state index contributed by atoms with van der Waals surface area (Å²) in [5.74, 6) is 0. The van der Waals surface area contributed by atoms with Crippen LogP contribution >= 0.6 is 0 Å². The van der Waals surface area contributed by atoms with E-state index in [-0.39, 0.29) is 6.54 Å². The summed E-state index contributed by atoms with van der Waals surface area (Å²) in [6, 6.07) is 12.1. The maximum Gasteiger partial charge on any atom is 0.344 e. The number of benzene rings is 2. The van der Waals surface area contributed by atoms with E-state index < -0.39 is 11.7 Å². The second-order valence-corrected chi connectivity index (χ2v) is 4.63. The molecule has 0 bridgehead atoms. The molecule has 0 atom stereocenters. The highest BCUT2D eigenvalue weighted by Gasteiger charge is 2.10. The van der Waals surface area contributed by atoms with Crippen LogP contribution in [0.5, 0.6) is 0 Å². The van der Waals surface area contributed by atoms with E-state index in [2.05, 4.69) is 0 Å². The van der Waals surface area contributed by atoms with Gasteiger partial charge in [-0.25, -0.2) is 4.79 Å². The van der Waals surface area contributed by atoms with Gasteiger partial charge in [0.2, 0.25) is 0 Å². The van der Waals surface area contributed by atoms with Crippen molar-refractivity contribution in [2.24, 2.45) is 0 Å². The molecule has 0 fully saturated rings. The smallest absolute Gasteiger partial charge is 0.344 e. The second-order valence-electron chi connectivity index (χ2n) is 4.63. The molecule has 0 saturated carbocycles. The Morgan fingerprint density at radius 3 is 2.52 bits per heavy atom. The van der Waals surface area contributed by atoms with Gasteiger partial charge in [-0.1, -0.05) is 18.2 Å². The Balaban J connectivity index is 2.30. The van der Waals surface area contributed by atoms with Crippen molar-refractivity contribution in [3.8, 4) is 0 Å². The van der Waals surface area contributed by atoms with E-state index in [1.807, 2.05) is 12.1 Å². The Labute approximate surface area is 120 Å². The zero-order chi connectivity index (χ0) is 15.0. The highest BCUT2D eigenvalue weighted by molar-refractivity contribution is 6.05. The lowest BCUT2D eigenvalue weighted by molar-refractivity contribution is -0.246. The first-order valence-electron chi connectivity index (χ1n) is 6.56. The molecule has 0 saturated heterocycles. The molecule has 1 heterocycles. The first kappa shape index (κ1) is 13.2. The van der Waals surface area contributed by atoms with Gasteiger partial charge in [-0.3, -0.25) is 0 Å². The Morgan fingerprint density at radius 2 is 1.86 bits per heavy atom. The molecule has 106 valence electrons. The van der Waals surface area contributed by atoms with Gasteiger partial charge in [-0.05, 0) is 30.5 Å². The third-order valence-corrected chi connectivity index (χ3v) is 3.45. The quantitative estimate of drug-likeness (QED) is 0.533. The molecule has 5 nitrogen and oxygen atoms in total. The minimum atomic E-state index is -1.29. The summed E-state index contributed by atoms with van der Waals surface area (Å²) in [5, 5.41) is 13.1. The number of rotatable bonds is 2. The summed E-state index contributed by atoms with van der Waals surface area (Å²) >= 11 is 0. The molecule has 3 rings (SSSR count). The van der Waals surface area contributed by atoms with Crippen molar-refractivity contribution >= 4 is 33.5 Å². The number of carbonyl (C=O) groups is 1. The number of carbonyl (C=O) groups excluding carboxylic acids is 1. The van der Waals surface area contributed by atoms with Crippen molar-refractivity contribution < 1.29 is 14.3 Å². The van der Waals surface area contributed by atoms with Gasteiger partial charge in [0.15, 0.2) is 0 Å².